The summed E-state index contributed by atoms with van der Waals surface area (Å²) in [5, 5.41) is 3.01. The van der Waals surface area contributed by atoms with Crippen molar-refractivity contribution in [1.29, 1.82) is 0 Å². The van der Waals surface area contributed by atoms with Crippen molar-refractivity contribution < 1.29 is 19.1 Å². The third kappa shape index (κ3) is 4.81. The van der Waals surface area contributed by atoms with Crippen molar-refractivity contribution in [3.05, 3.63) is 0 Å². The number of hydrogen-bond donors (Lipinski definition) is 1. The largest absolute Gasteiger partial charge is 0.516 e. The lowest BCUT2D eigenvalue weighted by Gasteiger charge is -2.25. The normalized spacial score (nSPS) is 24.1. The second kappa shape index (κ2) is 7.46. The van der Waals surface area contributed by atoms with Gasteiger partial charge >= 0.3 is 12.1 Å². The van der Waals surface area contributed by atoms with E-state index in [0.717, 1.165) is 13.0 Å². The number of hydrogen-bond acceptors (Lipinski definition) is 5. The maximum atomic E-state index is 11.4. The highest BCUT2D eigenvalue weighted by molar-refractivity contribution is 5.85. The van der Waals surface area contributed by atoms with E-state index in [1.54, 1.807) is 6.92 Å². The molecular formula is C10H18ClNO4. The van der Waals surface area contributed by atoms with E-state index >= 15 is 0 Å². The molecule has 0 bridgehead atoms. The van der Waals surface area contributed by atoms with Gasteiger partial charge in [-0.1, -0.05) is 6.92 Å². The average Bonchev–Trinajstić information content (AvgIpc) is 2.18. The lowest BCUT2D eigenvalue weighted by molar-refractivity contribution is -0.143. The fourth-order valence-corrected chi connectivity index (χ4v) is 1.59. The minimum atomic E-state index is -0.914. The number of esters is 1. The molecule has 2 unspecified atom stereocenters. The van der Waals surface area contributed by atoms with Crippen LogP contribution in [0.25, 0.3) is 0 Å². The molecule has 0 aromatic carbocycles. The molecule has 1 aliphatic rings. The molecule has 0 aromatic rings. The third-order valence-electron chi connectivity index (χ3n) is 2.40. The van der Waals surface area contributed by atoms with Crippen molar-refractivity contribution in [1.82, 2.24) is 5.32 Å². The molecule has 2 atom stereocenters. The maximum Gasteiger partial charge on any atom is 0.516 e. The van der Waals surface area contributed by atoms with Gasteiger partial charge < -0.3 is 14.8 Å². The van der Waals surface area contributed by atoms with Crippen LogP contribution in [0.3, 0.4) is 0 Å². The highest BCUT2D eigenvalue weighted by atomic mass is 35.5. The fraction of sp³-hybridized carbons (Fsp3) is 0.800. The van der Waals surface area contributed by atoms with Crippen molar-refractivity contribution in [2.24, 2.45) is 5.92 Å². The maximum absolute atomic E-state index is 11.4. The molecule has 1 heterocycles. The van der Waals surface area contributed by atoms with Crippen molar-refractivity contribution in [3.63, 3.8) is 0 Å². The van der Waals surface area contributed by atoms with Gasteiger partial charge in [-0.3, -0.25) is 0 Å². The van der Waals surface area contributed by atoms with Gasteiger partial charge in [0.1, 0.15) is 6.04 Å². The highest BCUT2D eigenvalue weighted by Crippen LogP contribution is 2.15. The molecule has 0 amide bonds. The van der Waals surface area contributed by atoms with E-state index in [4.69, 9.17) is 0 Å². The number of halogens is 1. The highest BCUT2D eigenvalue weighted by Gasteiger charge is 2.27. The van der Waals surface area contributed by atoms with Gasteiger partial charge in [0.05, 0.1) is 6.61 Å². The van der Waals surface area contributed by atoms with Gasteiger partial charge in [0.2, 0.25) is 0 Å². The van der Waals surface area contributed by atoms with Gasteiger partial charge in [-0.15, -0.1) is 12.4 Å². The first-order valence-corrected chi connectivity index (χ1v) is 5.25. The average molecular weight is 252 g/mol. The predicted octanol–water partition coefficient (Wildman–Crippen LogP) is 1.50. The Balaban J connectivity index is 0.00000225. The van der Waals surface area contributed by atoms with E-state index in [1.165, 1.54) is 0 Å². The Labute approximate surface area is 101 Å². The first kappa shape index (κ1) is 15.2. The molecule has 5 nitrogen and oxygen atoms in total. The van der Waals surface area contributed by atoms with Gasteiger partial charge in [-0.25, -0.2) is 9.59 Å². The molecule has 0 radical (unpaired) electrons. The summed E-state index contributed by atoms with van der Waals surface area (Å²) in [7, 11) is 0. The summed E-state index contributed by atoms with van der Waals surface area (Å²) in [6, 6.07) is -0.377. The Kier molecular flexibility index (Phi) is 7.08. The summed E-state index contributed by atoms with van der Waals surface area (Å²) in [5.41, 5.74) is 0. The smallest absolute Gasteiger partial charge is 0.434 e. The van der Waals surface area contributed by atoms with Gasteiger partial charge in [0, 0.05) is 0 Å². The predicted molar refractivity (Wildman–Crippen MR) is 60.6 cm³/mol. The zero-order valence-electron chi connectivity index (χ0n) is 9.52. The van der Waals surface area contributed by atoms with Crippen LogP contribution in [0.15, 0.2) is 0 Å². The Morgan fingerprint density at radius 1 is 1.44 bits per heavy atom. The minimum Gasteiger partial charge on any atom is -0.434 e. The zero-order valence-corrected chi connectivity index (χ0v) is 10.3. The van der Waals surface area contributed by atoms with Crippen molar-refractivity contribution in [2.45, 2.75) is 32.7 Å². The molecule has 1 N–H and O–H groups in total. The molecule has 1 fully saturated rings. The molecule has 1 saturated heterocycles. The van der Waals surface area contributed by atoms with Crippen molar-refractivity contribution in [3.8, 4) is 0 Å². The van der Waals surface area contributed by atoms with Gasteiger partial charge in [0.15, 0.2) is 0 Å². The number of piperidine rings is 1. The second-order valence-electron chi connectivity index (χ2n) is 3.74. The van der Waals surface area contributed by atoms with Crippen LogP contribution in [0, 0.1) is 5.92 Å². The van der Waals surface area contributed by atoms with E-state index in [2.05, 4.69) is 21.7 Å². The lowest BCUT2D eigenvalue weighted by atomic mass is 9.94. The van der Waals surface area contributed by atoms with Crippen LogP contribution in [-0.4, -0.2) is 31.3 Å². The zero-order chi connectivity index (χ0) is 11.3. The molecule has 1 rings (SSSR count). The second-order valence-corrected chi connectivity index (χ2v) is 3.74. The molecule has 1 aliphatic heterocycles. The molecule has 0 aliphatic carbocycles. The van der Waals surface area contributed by atoms with Crippen LogP contribution in [0.5, 0.6) is 0 Å². The SMILES string of the molecule is CCOC(=O)OC(=O)C1CC(C)CCN1.Cl. The first-order chi connectivity index (χ1) is 7.13. The lowest BCUT2D eigenvalue weighted by Crippen LogP contribution is -2.44. The van der Waals surface area contributed by atoms with Crippen LogP contribution >= 0.6 is 12.4 Å². The van der Waals surface area contributed by atoms with E-state index in [1.807, 2.05) is 0 Å². The fourth-order valence-electron chi connectivity index (χ4n) is 1.59. The summed E-state index contributed by atoms with van der Waals surface area (Å²) in [6.45, 7) is 4.72. The topological polar surface area (TPSA) is 64.6 Å². The Morgan fingerprint density at radius 2 is 2.12 bits per heavy atom. The molecule has 16 heavy (non-hydrogen) atoms. The number of carbonyl (C=O) groups excluding carboxylic acids is 2. The molecule has 94 valence electrons. The molecule has 0 aromatic heterocycles. The van der Waals surface area contributed by atoms with Crippen LogP contribution < -0.4 is 5.32 Å². The van der Waals surface area contributed by atoms with Gasteiger partial charge in [0.25, 0.3) is 0 Å². The van der Waals surface area contributed by atoms with Crippen LogP contribution in [0.4, 0.5) is 4.79 Å². The van der Waals surface area contributed by atoms with E-state index in [-0.39, 0.29) is 25.1 Å². The summed E-state index contributed by atoms with van der Waals surface area (Å²) >= 11 is 0. The Morgan fingerprint density at radius 3 is 2.69 bits per heavy atom. The van der Waals surface area contributed by atoms with Crippen LogP contribution in [0.2, 0.25) is 0 Å². The summed E-state index contributed by atoms with van der Waals surface area (Å²) in [6.07, 6.45) is 0.837. The number of nitrogens with one attached hydrogen (secondary N) is 1. The molecule has 0 saturated carbocycles. The van der Waals surface area contributed by atoms with Crippen molar-refractivity contribution in [2.75, 3.05) is 13.2 Å². The first-order valence-electron chi connectivity index (χ1n) is 5.25. The quantitative estimate of drug-likeness (QED) is 0.595. The summed E-state index contributed by atoms with van der Waals surface area (Å²) < 4.78 is 9.04. The van der Waals surface area contributed by atoms with E-state index in [9.17, 15) is 9.59 Å². The third-order valence-corrected chi connectivity index (χ3v) is 2.40. The molecule has 6 heteroatoms. The van der Waals surface area contributed by atoms with E-state index in [0.29, 0.717) is 12.3 Å². The standard InChI is InChI=1S/C10H17NO4.ClH/c1-3-14-10(13)15-9(12)8-6-7(2)4-5-11-8;/h7-8,11H,3-6H2,1-2H3;1H. The summed E-state index contributed by atoms with van der Waals surface area (Å²) in [4.78, 5) is 22.3. The summed E-state index contributed by atoms with van der Waals surface area (Å²) in [5.74, 6) is -0.0639. The number of ether oxygens (including phenoxy) is 2. The Hall–Kier alpha value is -0.810. The van der Waals surface area contributed by atoms with Gasteiger partial charge in [-0.2, -0.15) is 0 Å². The molecular weight excluding hydrogens is 234 g/mol. The number of rotatable bonds is 2. The minimum absolute atomic E-state index is 0. The van der Waals surface area contributed by atoms with Gasteiger partial charge in [-0.05, 0) is 32.2 Å². The number of carbonyl (C=O) groups is 2. The van der Waals surface area contributed by atoms with Crippen LogP contribution in [-0.2, 0) is 14.3 Å². The van der Waals surface area contributed by atoms with Crippen molar-refractivity contribution >= 4 is 24.5 Å². The Bertz CT molecular complexity index is 247. The monoisotopic (exact) mass is 251 g/mol. The molecule has 0 spiro atoms. The van der Waals surface area contributed by atoms with E-state index < -0.39 is 12.1 Å². The van der Waals surface area contributed by atoms with Crippen LogP contribution in [0.1, 0.15) is 26.7 Å².